The molecule has 1 N–H and O–H groups in total. The van der Waals surface area contributed by atoms with Gasteiger partial charge in [0.2, 0.25) is 0 Å². The van der Waals surface area contributed by atoms with Crippen LogP contribution in [0.3, 0.4) is 0 Å². The third-order valence-electron chi connectivity index (χ3n) is 5.14. The van der Waals surface area contributed by atoms with E-state index in [2.05, 4.69) is 15.5 Å². The van der Waals surface area contributed by atoms with Crippen molar-refractivity contribution in [1.82, 2.24) is 15.5 Å². The van der Waals surface area contributed by atoms with E-state index in [1.54, 1.807) is 6.07 Å². The molecule has 1 atom stereocenters. The maximum absolute atomic E-state index is 15.3. The predicted octanol–water partition coefficient (Wildman–Crippen LogP) is 5.20. The molecular weight excluding hydrogens is 408 g/mol. The molecule has 0 radical (unpaired) electrons. The molecule has 2 heterocycles. The summed E-state index contributed by atoms with van der Waals surface area (Å²) in [6.45, 7) is 0.632. The number of hydrogen-bond acceptors (Lipinski definition) is 3. The first kappa shape index (κ1) is 20.3. The van der Waals surface area contributed by atoms with Gasteiger partial charge in [-0.25, -0.2) is 13.2 Å². The summed E-state index contributed by atoms with van der Waals surface area (Å²) in [6.07, 6.45) is -4.18. The van der Waals surface area contributed by atoms with Gasteiger partial charge >= 0.3 is 6.18 Å². The molecule has 1 unspecified atom stereocenters. The standard InChI is InChI=1S/C21H15F6N3/c22-11-1-2-14(17(23)9-11)13-7-8-28-10-16-12(13)3-4-15(20(16)24)18-5-6-19(30-29-18)21(25,26)27/h1-6,9,13,28H,7-8,10H2. The molecule has 9 heteroatoms. The first-order valence-corrected chi connectivity index (χ1v) is 9.14. The third-order valence-corrected chi connectivity index (χ3v) is 5.14. The van der Waals surface area contributed by atoms with Gasteiger partial charge in [0.15, 0.2) is 5.69 Å². The van der Waals surface area contributed by atoms with Crippen LogP contribution < -0.4 is 5.32 Å². The van der Waals surface area contributed by atoms with Crippen molar-refractivity contribution < 1.29 is 26.3 Å². The van der Waals surface area contributed by atoms with E-state index in [0.29, 0.717) is 18.5 Å². The van der Waals surface area contributed by atoms with Gasteiger partial charge in [0.25, 0.3) is 0 Å². The van der Waals surface area contributed by atoms with Crippen LogP contribution in [0, 0.1) is 17.5 Å². The van der Waals surface area contributed by atoms with Crippen LogP contribution in [0.5, 0.6) is 0 Å². The number of hydrogen-bond donors (Lipinski definition) is 1. The molecule has 1 aliphatic rings. The normalized spacial score (nSPS) is 16.8. The van der Waals surface area contributed by atoms with E-state index in [1.165, 1.54) is 12.1 Å². The average molecular weight is 423 g/mol. The fourth-order valence-corrected chi connectivity index (χ4v) is 3.69. The minimum Gasteiger partial charge on any atom is -0.313 e. The van der Waals surface area contributed by atoms with Crippen molar-refractivity contribution in [2.24, 2.45) is 0 Å². The second kappa shape index (κ2) is 7.71. The Labute approximate surface area is 167 Å². The number of nitrogens with zero attached hydrogens (tertiary/aromatic N) is 2. The predicted molar refractivity (Wildman–Crippen MR) is 97.0 cm³/mol. The monoisotopic (exact) mass is 423 g/mol. The third kappa shape index (κ3) is 3.77. The van der Waals surface area contributed by atoms with E-state index < -0.39 is 35.2 Å². The van der Waals surface area contributed by atoms with Gasteiger partial charge in [-0.15, -0.1) is 10.2 Å². The largest absolute Gasteiger partial charge is 0.435 e. The molecule has 0 saturated carbocycles. The smallest absolute Gasteiger partial charge is 0.313 e. The van der Waals surface area contributed by atoms with E-state index in [1.807, 2.05) is 0 Å². The van der Waals surface area contributed by atoms with Crippen LogP contribution in [0.2, 0.25) is 0 Å². The van der Waals surface area contributed by atoms with Crippen molar-refractivity contribution in [2.75, 3.05) is 6.54 Å². The number of aromatic nitrogens is 2. The summed E-state index contributed by atoms with van der Waals surface area (Å²) in [6, 6.07) is 8.08. The van der Waals surface area contributed by atoms with Crippen molar-refractivity contribution >= 4 is 0 Å². The van der Waals surface area contributed by atoms with Gasteiger partial charge in [-0.3, -0.25) is 0 Å². The molecule has 1 aromatic heterocycles. The first-order valence-electron chi connectivity index (χ1n) is 9.14. The molecule has 3 aromatic rings. The van der Waals surface area contributed by atoms with Crippen LogP contribution in [-0.2, 0) is 12.7 Å². The van der Waals surface area contributed by atoms with Gasteiger partial charge < -0.3 is 5.32 Å². The molecule has 0 aliphatic carbocycles. The number of alkyl halides is 3. The van der Waals surface area contributed by atoms with Crippen LogP contribution in [0.4, 0.5) is 26.3 Å². The molecule has 2 aromatic carbocycles. The van der Waals surface area contributed by atoms with Crippen LogP contribution in [0.25, 0.3) is 11.3 Å². The topological polar surface area (TPSA) is 37.8 Å². The molecule has 3 nitrogen and oxygen atoms in total. The molecule has 0 amide bonds. The van der Waals surface area contributed by atoms with Crippen molar-refractivity contribution in [2.45, 2.75) is 25.1 Å². The molecule has 156 valence electrons. The lowest BCUT2D eigenvalue weighted by atomic mass is 9.85. The summed E-state index contributed by atoms with van der Waals surface area (Å²) in [5, 5.41) is 9.72. The lowest BCUT2D eigenvalue weighted by molar-refractivity contribution is -0.141. The van der Waals surface area contributed by atoms with E-state index in [9.17, 15) is 22.0 Å². The SMILES string of the molecule is Fc1ccc(C2CCNCc3c2ccc(-c2ccc(C(F)(F)F)nn2)c3F)c(F)c1. The summed E-state index contributed by atoms with van der Waals surface area (Å²) in [4.78, 5) is 0. The van der Waals surface area contributed by atoms with E-state index >= 15 is 4.39 Å². The van der Waals surface area contributed by atoms with Gasteiger partial charge in [-0.2, -0.15) is 13.2 Å². The Morgan fingerprint density at radius 1 is 0.900 bits per heavy atom. The van der Waals surface area contributed by atoms with Gasteiger partial charge in [0, 0.05) is 29.7 Å². The van der Waals surface area contributed by atoms with Crippen molar-refractivity contribution in [3.63, 3.8) is 0 Å². The highest BCUT2D eigenvalue weighted by Crippen LogP contribution is 2.37. The lowest BCUT2D eigenvalue weighted by Crippen LogP contribution is -2.13. The molecular formula is C21H15F6N3. The molecule has 0 saturated heterocycles. The fraction of sp³-hybridized carbons (Fsp3) is 0.238. The second-order valence-electron chi connectivity index (χ2n) is 6.98. The van der Waals surface area contributed by atoms with Crippen molar-refractivity contribution in [3.05, 3.63) is 82.3 Å². The van der Waals surface area contributed by atoms with Crippen LogP contribution in [0.15, 0.2) is 42.5 Å². The molecule has 0 bridgehead atoms. The summed E-state index contributed by atoms with van der Waals surface area (Å²) in [5.41, 5.74) is -0.168. The zero-order chi connectivity index (χ0) is 21.5. The van der Waals surface area contributed by atoms with Crippen molar-refractivity contribution in [1.29, 1.82) is 0 Å². The van der Waals surface area contributed by atoms with Crippen LogP contribution in [0.1, 0.15) is 34.7 Å². The quantitative estimate of drug-likeness (QED) is 0.576. The van der Waals surface area contributed by atoms with Gasteiger partial charge in [0.05, 0.1) is 5.69 Å². The second-order valence-corrected chi connectivity index (χ2v) is 6.98. The Morgan fingerprint density at radius 2 is 1.67 bits per heavy atom. The Morgan fingerprint density at radius 3 is 2.33 bits per heavy atom. The molecule has 0 fully saturated rings. The highest BCUT2D eigenvalue weighted by Gasteiger charge is 2.33. The Balaban J connectivity index is 1.77. The maximum atomic E-state index is 15.3. The minimum absolute atomic E-state index is 0.00278. The highest BCUT2D eigenvalue weighted by molar-refractivity contribution is 5.62. The molecule has 30 heavy (non-hydrogen) atoms. The zero-order valence-electron chi connectivity index (χ0n) is 15.4. The summed E-state index contributed by atoms with van der Waals surface area (Å²) in [5.74, 6) is -2.59. The van der Waals surface area contributed by atoms with Crippen LogP contribution in [-0.4, -0.2) is 16.7 Å². The van der Waals surface area contributed by atoms with E-state index in [-0.39, 0.29) is 28.9 Å². The Hall–Kier alpha value is -2.94. The number of nitrogens with one attached hydrogen (secondary N) is 1. The highest BCUT2D eigenvalue weighted by atomic mass is 19.4. The summed E-state index contributed by atoms with van der Waals surface area (Å²) in [7, 11) is 0. The number of benzene rings is 2. The Bertz CT molecular complexity index is 1080. The number of halogens is 6. The number of fused-ring (bicyclic) bond motifs is 1. The molecule has 1 aliphatic heterocycles. The molecule has 4 rings (SSSR count). The number of rotatable bonds is 2. The van der Waals surface area contributed by atoms with Crippen LogP contribution >= 0.6 is 0 Å². The Kier molecular flexibility index (Phi) is 5.23. The van der Waals surface area contributed by atoms with Gasteiger partial charge in [-0.05, 0) is 48.4 Å². The minimum atomic E-state index is -4.64. The zero-order valence-corrected chi connectivity index (χ0v) is 15.4. The van der Waals surface area contributed by atoms with Gasteiger partial charge in [0.1, 0.15) is 17.5 Å². The molecule has 0 spiro atoms. The van der Waals surface area contributed by atoms with Crippen molar-refractivity contribution in [3.8, 4) is 11.3 Å². The maximum Gasteiger partial charge on any atom is 0.435 e. The van der Waals surface area contributed by atoms with E-state index in [0.717, 1.165) is 24.3 Å². The summed E-state index contributed by atoms with van der Waals surface area (Å²) >= 11 is 0. The van der Waals surface area contributed by atoms with Gasteiger partial charge in [-0.1, -0.05) is 12.1 Å². The fourth-order valence-electron chi connectivity index (χ4n) is 3.69. The average Bonchev–Trinajstić information content (AvgIpc) is 2.91. The first-order chi connectivity index (χ1) is 14.3. The summed E-state index contributed by atoms with van der Waals surface area (Å²) < 4.78 is 81.1. The van der Waals surface area contributed by atoms with E-state index in [4.69, 9.17) is 0 Å². The lowest BCUT2D eigenvalue weighted by Gasteiger charge is -2.20.